The molecule has 1 saturated heterocycles. The minimum atomic E-state index is -0.0169. The van der Waals surface area contributed by atoms with Crippen molar-refractivity contribution in [1.82, 2.24) is 4.90 Å². The van der Waals surface area contributed by atoms with Gasteiger partial charge in [-0.1, -0.05) is 19.4 Å². The van der Waals surface area contributed by atoms with E-state index in [0.717, 1.165) is 36.3 Å². The van der Waals surface area contributed by atoms with Crippen LogP contribution in [0.15, 0.2) is 18.2 Å². The van der Waals surface area contributed by atoms with Crippen molar-refractivity contribution in [1.29, 1.82) is 0 Å². The molecule has 0 spiro atoms. The van der Waals surface area contributed by atoms with Crippen LogP contribution in [0.25, 0.3) is 0 Å². The Balaban J connectivity index is 2.14. The molecular weight excluding hydrogens is 264 g/mol. The van der Waals surface area contributed by atoms with Gasteiger partial charge in [-0.15, -0.1) is 0 Å². The lowest BCUT2D eigenvalue weighted by molar-refractivity contribution is -0.128. The average molecular weight is 290 g/mol. The zero-order valence-electron chi connectivity index (χ0n) is 13.3. The first kappa shape index (κ1) is 15.8. The Morgan fingerprint density at radius 3 is 2.86 bits per heavy atom. The normalized spacial score (nSPS) is 19.9. The number of rotatable bonds is 6. The summed E-state index contributed by atoms with van der Waals surface area (Å²) < 4.78 is 5.42. The minimum absolute atomic E-state index is 0.0169. The molecule has 1 aliphatic rings. The molecule has 116 valence electrons. The topological polar surface area (TPSA) is 55.6 Å². The van der Waals surface area contributed by atoms with Gasteiger partial charge in [0.25, 0.3) is 0 Å². The van der Waals surface area contributed by atoms with Gasteiger partial charge in [0.2, 0.25) is 5.91 Å². The Morgan fingerprint density at radius 1 is 1.48 bits per heavy atom. The summed E-state index contributed by atoms with van der Waals surface area (Å²) in [4.78, 5) is 14.1. The fourth-order valence-corrected chi connectivity index (χ4v) is 3.02. The highest BCUT2D eigenvalue weighted by Gasteiger charge is 2.29. The number of carbonyl (C=O) groups excluding carboxylic acids is 1. The third-order valence-electron chi connectivity index (χ3n) is 4.18. The standard InChI is InChI=1S/C17H26N2O2/c1-4-5-13-8-17(20)19(10-13)11-15-9-14(12(2)18)6-7-16(15)21-3/h6-7,9,12-13H,4-5,8,10-11,18H2,1-3H3. The number of ether oxygens (including phenoxy) is 1. The summed E-state index contributed by atoms with van der Waals surface area (Å²) in [5.74, 6) is 1.58. The molecule has 21 heavy (non-hydrogen) atoms. The van der Waals surface area contributed by atoms with Gasteiger partial charge >= 0.3 is 0 Å². The van der Waals surface area contributed by atoms with Gasteiger partial charge in [0.1, 0.15) is 5.75 Å². The van der Waals surface area contributed by atoms with Gasteiger partial charge in [0.05, 0.1) is 7.11 Å². The third kappa shape index (κ3) is 3.76. The number of amides is 1. The molecule has 2 rings (SSSR count). The first-order valence-corrected chi connectivity index (χ1v) is 7.75. The fraction of sp³-hybridized carbons (Fsp3) is 0.588. The van der Waals surface area contributed by atoms with Crippen LogP contribution in [-0.4, -0.2) is 24.5 Å². The van der Waals surface area contributed by atoms with Crippen LogP contribution in [0.1, 0.15) is 50.3 Å². The molecule has 4 nitrogen and oxygen atoms in total. The van der Waals surface area contributed by atoms with Gasteiger partial charge in [-0.05, 0) is 37.0 Å². The third-order valence-corrected chi connectivity index (χ3v) is 4.18. The summed E-state index contributed by atoms with van der Waals surface area (Å²) in [6.45, 7) is 5.60. The molecule has 0 aliphatic carbocycles. The number of benzene rings is 1. The molecule has 1 aliphatic heterocycles. The van der Waals surface area contributed by atoms with E-state index in [1.807, 2.05) is 24.0 Å². The second kappa shape index (κ2) is 6.94. The van der Waals surface area contributed by atoms with Crippen LogP contribution in [0, 0.1) is 5.92 Å². The number of nitrogens with zero attached hydrogens (tertiary/aromatic N) is 1. The Labute approximate surface area is 127 Å². The average Bonchev–Trinajstić information content (AvgIpc) is 2.79. The van der Waals surface area contributed by atoms with Gasteiger partial charge in [0, 0.05) is 31.1 Å². The molecule has 1 amide bonds. The van der Waals surface area contributed by atoms with Crippen molar-refractivity contribution in [3.63, 3.8) is 0 Å². The summed E-state index contributed by atoms with van der Waals surface area (Å²) in [7, 11) is 1.66. The van der Waals surface area contributed by atoms with E-state index in [2.05, 4.69) is 13.0 Å². The van der Waals surface area contributed by atoms with Crippen LogP contribution in [-0.2, 0) is 11.3 Å². The van der Waals surface area contributed by atoms with Crippen molar-refractivity contribution in [3.05, 3.63) is 29.3 Å². The second-order valence-electron chi connectivity index (χ2n) is 5.99. The minimum Gasteiger partial charge on any atom is -0.496 e. The summed E-state index contributed by atoms with van der Waals surface area (Å²) in [5, 5.41) is 0. The predicted molar refractivity (Wildman–Crippen MR) is 84.0 cm³/mol. The van der Waals surface area contributed by atoms with E-state index in [4.69, 9.17) is 10.5 Å². The van der Waals surface area contributed by atoms with Gasteiger partial charge in [-0.3, -0.25) is 4.79 Å². The Kier molecular flexibility index (Phi) is 5.23. The van der Waals surface area contributed by atoms with Gasteiger partial charge < -0.3 is 15.4 Å². The monoisotopic (exact) mass is 290 g/mol. The van der Waals surface area contributed by atoms with E-state index in [9.17, 15) is 4.79 Å². The molecule has 1 heterocycles. The molecule has 2 N–H and O–H groups in total. The number of likely N-dealkylation sites (tertiary alicyclic amines) is 1. The maximum atomic E-state index is 12.1. The molecule has 1 aromatic carbocycles. The number of hydrogen-bond donors (Lipinski definition) is 1. The van der Waals surface area contributed by atoms with Crippen molar-refractivity contribution in [2.24, 2.45) is 11.7 Å². The first-order valence-electron chi connectivity index (χ1n) is 7.75. The molecule has 0 bridgehead atoms. The summed E-state index contributed by atoms with van der Waals surface area (Å²) in [6, 6.07) is 5.97. The van der Waals surface area contributed by atoms with Crippen LogP contribution in [0.5, 0.6) is 5.75 Å². The van der Waals surface area contributed by atoms with Crippen LogP contribution < -0.4 is 10.5 Å². The second-order valence-corrected chi connectivity index (χ2v) is 5.99. The molecule has 0 aromatic heterocycles. The van der Waals surface area contributed by atoms with Crippen LogP contribution in [0.3, 0.4) is 0 Å². The van der Waals surface area contributed by atoms with E-state index < -0.39 is 0 Å². The molecule has 1 aromatic rings. The van der Waals surface area contributed by atoms with Crippen molar-refractivity contribution in [2.75, 3.05) is 13.7 Å². The van der Waals surface area contributed by atoms with Crippen LogP contribution in [0.2, 0.25) is 0 Å². The van der Waals surface area contributed by atoms with E-state index in [1.165, 1.54) is 0 Å². The van der Waals surface area contributed by atoms with Gasteiger partial charge in [-0.2, -0.15) is 0 Å². The van der Waals surface area contributed by atoms with Crippen LogP contribution >= 0.6 is 0 Å². The number of carbonyl (C=O) groups is 1. The SMILES string of the molecule is CCCC1CC(=O)N(Cc2cc(C(C)N)ccc2OC)C1. The Morgan fingerprint density at radius 2 is 2.24 bits per heavy atom. The fourth-order valence-electron chi connectivity index (χ4n) is 3.02. The van der Waals surface area contributed by atoms with E-state index >= 15 is 0 Å². The number of hydrogen-bond acceptors (Lipinski definition) is 3. The van der Waals surface area contributed by atoms with Crippen molar-refractivity contribution in [2.45, 2.75) is 45.7 Å². The van der Waals surface area contributed by atoms with Crippen molar-refractivity contribution < 1.29 is 9.53 Å². The Bertz CT molecular complexity index is 500. The highest BCUT2D eigenvalue weighted by molar-refractivity contribution is 5.78. The zero-order chi connectivity index (χ0) is 15.4. The smallest absolute Gasteiger partial charge is 0.223 e. The molecule has 0 radical (unpaired) electrons. The lowest BCUT2D eigenvalue weighted by atomic mass is 10.0. The number of nitrogens with two attached hydrogens (primary N) is 1. The Hall–Kier alpha value is -1.55. The summed E-state index contributed by atoms with van der Waals surface area (Å²) in [5.41, 5.74) is 8.06. The van der Waals surface area contributed by atoms with Crippen molar-refractivity contribution in [3.8, 4) is 5.75 Å². The maximum Gasteiger partial charge on any atom is 0.223 e. The lowest BCUT2D eigenvalue weighted by Gasteiger charge is -2.20. The lowest BCUT2D eigenvalue weighted by Crippen LogP contribution is -2.25. The van der Waals surface area contributed by atoms with E-state index in [-0.39, 0.29) is 11.9 Å². The van der Waals surface area contributed by atoms with Gasteiger partial charge in [0.15, 0.2) is 0 Å². The van der Waals surface area contributed by atoms with E-state index in [1.54, 1.807) is 7.11 Å². The molecular formula is C17H26N2O2. The first-order chi connectivity index (χ1) is 10.0. The highest BCUT2D eigenvalue weighted by Crippen LogP contribution is 2.28. The molecule has 1 fully saturated rings. The zero-order valence-corrected chi connectivity index (χ0v) is 13.3. The summed E-state index contributed by atoms with van der Waals surface area (Å²) in [6.07, 6.45) is 2.94. The van der Waals surface area contributed by atoms with Crippen molar-refractivity contribution >= 4 is 5.91 Å². The quantitative estimate of drug-likeness (QED) is 0.876. The predicted octanol–water partition coefficient (Wildman–Crippen LogP) is 2.86. The summed E-state index contributed by atoms with van der Waals surface area (Å²) >= 11 is 0. The molecule has 2 unspecified atom stereocenters. The van der Waals surface area contributed by atoms with E-state index in [0.29, 0.717) is 18.9 Å². The molecule has 0 saturated carbocycles. The number of methoxy groups -OCH3 is 1. The highest BCUT2D eigenvalue weighted by atomic mass is 16.5. The van der Waals surface area contributed by atoms with Crippen LogP contribution in [0.4, 0.5) is 0 Å². The van der Waals surface area contributed by atoms with Gasteiger partial charge in [-0.25, -0.2) is 0 Å². The maximum absolute atomic E-state index is 12.1. The molecule has 2 atom stereocenters. The largest absolute Gasteiger partial charge is 0.496 e. The molecule has 4 heteroatoms.